The van der Waals surface area contributed by atoms with Crippen molar-refractivity contribution in [2.75, 3.05) is 9.80 Å². The monoisotopic (exact) mass is 1050 g/mol. The maximum atomic E-state index is 7.96. The number of hydrogen-bond acceptors (Lipinski definition) is 8. The largest absolute Gasteiger partial charge is 0.306 e. The molecule has 10 aromatic carbocycles. The Morgan fingerprint density at radius 2 is 0.585 bits per heavy atom. The van der Waals surface area contributed by atoms with Crippen LogP contribution in [0.1, 0.15) is 0 Å². The maximum Gasteiger partial charge on any atom is 0.235 e. The lowest BCUT2D eigenvalue weighted by Crippen LogP contribution is -2.26. The van der Waals surface area contributed by atoms with Crippen LogP contribution in [0.3, 0.4) is 0 Å². The van der Waals surface area contributed by atoms with E-state index in [2.05, 4.69) is 154 Å². The van der Waals surface area contributed by atoms with Gasteiger partial charge in [-0.3, -0.25) is 4.90 Å². The first-order valence-corrected chi connectivity index (χ1v) is 27.0. The van der Waals surface area contributed by atoms with E-state index in [4.69, 9.17) is 36.5 Å². The first-order valence-electron chi connectivity index (χ1n) is 27.0. The summed E-state index contributed by atoms with van der Waals surface area (Å²) in [6.45, 7) is 7.96. The molecule has 13 aromatic rings. The number of aromatic nitrogens is 6. The van der Waals surface area contributed by atoms with Crippen molar-refractivity contribution in [2.45, 2.75) is 0 Å². The number of para-hydroxylation sites is 4. The summed E-state index contributed by atoms with van der Waals surface area (Å²) in [5, 5.41) is 0. The Balaban J connectivity index is 1.07. The summed E-state index contributed by atoms with van der Waals surface area (Å²) < 4.78 is 0. The fraction of sp³-hybridized carbons (Fsp3) is 0. The van der Waals surface area contributed by atoms with Gasteiger partial charge in [0, 0.05) is 44.5 Å². The molecule has 0 radical (unpaired) electrons. The molecular weight excluding hydrogens is 1000 g/mol. The van der Waals surface area contributed by atoms with Crippen molar-refractivity contribution in [1.29, 1.82) is 0 Å². The van der Waals surface area contributed by atoms with Gasteiger partial charge in [0.25, 0.3) is 0 Å². The second kappa shape index (κ2) is 21.4. The predicted octanol–water partition coefficient (Wildman–Crippen LogP) is 18.9. The third kappa shape index (κ3) is 9.38. The summed E-state index contributed by atoms with van der Waals surface area (Å²) >= 11 is 0. The maximum absolute atomic E-state index is 7.96. The van der Waals surface area contributed by atoms with E-state index in [1.54, 1.807) is 0 Å². The van der Waals surface area contributed by atoms with Crippen molar-refractivity contribution in [3.8, 4) is 101 Å². The van der Waals surface area contributed by atoms with Gasteiger partial charge in [0.15, 0.2) is 17.3 Å². The minimum Gasteiger partial charge on any atom is -0.306 e. The van der Waals surface area contributed by atoms with Crippen molar-refractivity contribution >= 4 is 40.1 Å². The summed E-state index contributed by atoms with van der Waals surface area (Å²) in [6.07, 6.45) is 0. The van der Waals surface area contributed by atoms with E-state index in [1.807, 2.05) is 146 Å². The minimum atomic E-state index is 0.510. The van der Waals surface area contributed by atoms with E-state index >= 15 is 0 Å². The normalized spacial score (nSPS) is 11.6. The van der Waals surface area contributed by atoms with Gasteiger partial charge in [0.1, 0.15) is 0 Å². The van der Waals surface area contributed by atoms with E-state index < -0.39 is 0 Å². The van der Waals surface area contributed by atoms with Crippen molar-refractivity contribution in [3.63, 3.8) is 0 Å². The molecule has 0 fully saturated rings. The van der Waals surface area contributed by atoms with E-state index in [9.17, 15) is 0 Å². The molecule has 4 heterocycles. The summed E-state index contributed by atoms with van der Waals surface area (Å²) in [5.41, 5.74) is 18.5. The second-order valence-corrected chi connectivity index (χ2v) is 19.8. The Morgan fingerprint density at radius 3 is 1.00 bits per heavy atom. The zero-order valence-corrected chi connectivity index (χ0v) is 44.2. The number of hydrogen-bond donors (Lipinski definition) is 0. The van der Waals surface area contributed by atoms with Crippen LogP contribution in [0.25, 0.3) is 106 Å². The van der Waals surface area contributed by atoms with Gasteiger partial charge in [-0.1, -0.05) is 231 Å². The fourth-order valence-corrected chi connectivity index (χ4v) is 10.7. The highest BCUT2D eigenvalue weighted by molar-refractivity contribution is 6.05. The van der Waals surface area contributed by atoms with Gasteiger partial charge < -0.3 is 4.90 Å². The zero-order chi connectivity index (χ0) is 54.8. The van der Waals surface area contributed by atoms with Crippen LogP contribution in [-0.2, 0) is 0 Å². The third-order valence-corrected chi connectivity index (χ3v) is 14.7. The molecule has 0 saturated carbocycles. The highest BCUT2D eigenvalue weighted by atomic mass is 15.3. The van der Waals surface area contributed by atoms with Crippen molar-refractivity contribution in [3.05, 3.63) is 297 Å². The summed E-state index contributed by atoms with van der Waals surface area (Å²) in [7, 11) is 0. The average Bonchev–Trinajstić information content (AvgIpc) is 2.46. The van der Waals surface area contributed by atoms with Crippen LogP contribution in [0.5, 0.6) is 0 Å². The lowest BCUT2D eigenvalue weighted by molar-refractivity contribution is 1.06. The second-order valence-electron chi connectivity index (χ2n) is 19.8. The Hall–Kier alpha value is -11.5. The molecule has 9 heteroatoms. The van der Waals surface area contributed by atoms with Crippen LogP contribution in [0.4, 0.5) is 40.1 Å². The number of benzene rings is 10. The standard InChI is InChI=1S/C73H47N9/c1-74-56-42-40-49(41-43-56)57-45-70(81-66-36-20-22-38-68(66)82(69-39-23-21-37-67(69)81)73-79-63(53-30-14-5-15-31-53)47-64(80-73)54-32-16-6-17-33-54)59(72-76-60(50-24-8-2-9-25-50)46-61(77-72)51-26-10-3-11-27-51)44-58(57)65-48-62(52-28-12-4-13-29-52)75-71(78-65)55-34-18-7-19-35-55/h2-48H. The Labute approximate surface area is 475 Å². The molecular formula is C73H47N9. The molecule has 0 N–H and O–H groups in total. The molecule has 0 bridgehead atoms. The summed E-state index contributed by atoms with van der Waals surface area (Å²) in [4.78, 5) is 40.9. The summed E-state index contributed by atoms with van der Waals surface area (Å²) in [6, 6.07) is 96.7. The van der Waals surface area contributed by atoms with E-state index in [0.717, 1.165) is 113 Å². The van der Waals surface area contributed by atoms with E-state index in [1.165, 1.54) is 0 Å². The van der Waals surface area contributed by atoms with Gasteiger partial charge in [0.2, 0.25) is 5.95 Å². The molecule has 0 atom stereocenters. The Morgan fingerprint density at radius 1 is 0.244 bits per heavy atom. The number of fused-ring (bicyclic) bond motifs is 2. The lowest BCUT2D eigenvalue weighted by Gasteiger charge is -2.40. The topological polar surface area (TPSA) is 88.2 Å². The first-order chi connectivity index (χ1) is 40.6. The summed E-state index contributed by atoms with van der Waals surface area (Å²) in [5.74, 6) is 1.61. The zero-order valence-electron chi connectivity index (χ0n) is 44.2. The van der Waals surface area contributed by atoms with Crippen LogP contribution >= 0.6 is 0 Å². The molecule has 3 aromatic heterocycles. The predicted molar refractivity (Wildman–Crippen MR) is 331 cm³/mol. The van der Waals surface area contributed by atoms with E-state index in [0.29, 0.717) is 29.0 Å². The van der Waals surface area contributed by atoms with Gasteiger partial charge >= 0.3 is 0 Å². The highest BCUT2D eigenvalue weighted by Gasteiger charge is 2.35. The minimum absolute atomic E-state index is 0.510. The quantitative estimate of drug-likeness (QED) is 0.118. The molecule has 14 rings (SSSR count). The van der Waals surface area contributed by atoms with Crippen LogP contribution in [-0.4, -0.2) is 29.9 Å². The van der Waals surface area contributed by atoms with Gasteiger partial charge in [0.05, 0.1) is 69.2 Å². The number of anilines is 6. The van der Waals surface area contributed by atoms with Gasteiger partial charge in [-0.15, -0.1) is 0 Å². The van der Waals surface area contributed by atoms with Crippen molar-refractivity contribution in [1.82, 2.24) is 29.9 Å². The first kappa shape index (κ1) is 48.9. The van der Waals surface area contributed by atoms with Gasteiger partial charge in [-0.2, -0.15) is 0 Å². The van der Waals surface area contributed by atoms with Gasteiger partial charge in [-0.25, -0.2) is 34.7 Å². The molecule has 0 unspecified atom stereocenters. The van der Waals surface area contributed by atoms with Crippen LogP contribution < -0.4 is 9.80 Å². The van der Waals surface area contributed by atoms with E-state index in [-0.39, 0.29) is 0 Å². The van der Waals surface area contributed by atoms with Crippen LogP contribution in [0.15, 0.2) is 285 Å². The lowest BCUT2D eigenvalue weighted by atomic mass is 9.91. The molecule has 82 heavy (non-hydrogen) atoms. The molecule has 0 saturated heterocycles. The Bertz CT molecular complexity index is 4280. The molecule has 1 aliphatic heterocycles. The smallest absolute Gasteiger partial charge is 0.235 e. The SMILES string of the molecule is [C-]#[N+]c1ccc(-c2cc(N3c4ccccc4N(c4nc(-c5ccccc5)cc(-c5ccccc5)n4)c4ccccc43)c(-c3nc(-c4ccccc4)cc(-c4ccccc4)n3)cc2-c2cc(-c3ccccc3)nc(-c3ccccc3)n2)cc1. The average molecular weight is 1050 g/mol. The molecule has 0 aliphatic carbocycles. The van der Waals surface area contributed by atoms with Crippen LogP contribution in [0, 0.1) is 6.57 Å². The Kier molecular flexibility index (Phi) is 12.8. The number of nitrogens with zero attached hydrogens (tertiary/aromatic N) is 9. The van der Waals surface area contributed by atoms with Gasteiger partial charge in [-0.05, 0) is 65.7 Å². The van der Waals surface area contributed by atoms with Crippen LogP contribution in [0.2, 0.25) is 0 Å². The fourth-order valence-electron chi connectivity index (χ4n) is 10.7. The molecule has 384 valence electrons. The van der Waals surface area contributed by atoms with Crippen molar-refractivity contribution < 1.29 is 0 Å². The molecule has 1 aliphatic rings. The molecule has 0 amide bonds. The third-order valence-electron chi connectivity index (χ3n) is 14.7. The highest BCUT2D eigenvalue weighted by Crippen LogP contribution is 2.56. The molecule has 9 nitrogen and oxygen atoms in total. The number of rotatable bonds is 11. The molecule has 0 spiro atoms. The van der Waals surface area contributed by atoms with Crippen molar-refractivity contribution in [2.24, 2.45) is 0 Å².